The minimum Gasteiger partial charge on any atom is -0.365 e. The van der Waals surface area contributed by atoms with E-state index in [4.69, 9.17) is 5.26 Å². The monoisotopic (exact) mass is 255 g/mol. The fourth-order valence-electron chi connectivity index (χ4n) is 3.79. The van der Waals surface area contributed by atoms with Gasteiger partial charge in [0.2, 0.25) is 0 Å². The van der Waals surface area contributed by atoms with E-state index in [-0.39, 0.29) is 0 Å². The van der Waals surface area contributed by atoms with E-state index in [0.29, 0.717) is 18.1 Å². The van der Waals surface area contributed by atoms with Gasteiger partial charge >= 0.3 is 0 Å². The first-order valence-corrected chi connectivity index (χ1v) is 7.33. The fraction of sp³-hybridized carbons (Fsp3) is 0.562. The highest BCUT2D eigenvalue weighted by Crippen LogP contribution is 2.39. The molecule has 19 heavy (non-hydrogen) atoms. The molecule has 100 valence electrons. The van der Waals surface area contributed by atoms with Crippen molar-refractivity contribution in [3.63, 3.8) is 0 Å². The number of piperidine rings is 1. The highest BCUT2D eigenvalue weighted by atomic mass is 15.2. The number of rotatable bonds is 3. The smallest absolute Gasteiger partial charge is 0.0992 e. The lowest BCUT2D eigenvalue weighted by atomic mass is 9.96. The van der Waals surface area contributed by atoms with Gasteiger partial charge in [-0.3, -0.25) is 0 Å². The number of nitrogens with zero attached hydrogens (tertiary/aromatic N) is 2. The van der Waals surface area contributed by atoms with Crippen LogP contribution in [-0.4, -0.2) is 24.7 Å². The quantitative estimate of drug-likeness (QED) is 0.902. The Morgan fingerprint density at radius 1 is 1.32 bits per heavy atom. The summed E-state index contributed by atoms with van der Waals surface area (Å²) in [5, 5.41) is 12.6. The van der Waals surface area contributed by atoms with Crippen molar-refractivity contribution in [3.05, 3.63) is 29.8 Å². The van der Waals surface area contributed by atoms with Gasteiger partial charge in [-0.05, 0) is 50.4 Å². The third-order valence-corrected chi connectivity index (χ3v) is 4.50. The molecule has 0 amide bonds. The number of anilines is 1. The van der Waals surface area contributed by atoms with Gasteiger partial charge < -0.3 is 10.2 Å². The van der Waals surface area contributed by atoms with Gasteiger partial charge in [-0.25, -0.2) is 0 Å². The highest BCUT2D eigenvalue weighted by molar-refractivity contribution is 5.54. The first-order chi connectivity index (χ1) is 9.31. The van der Waals surface area contributed by atoms with E-state index in [0.717, 1.165) is 12.1 Å². The number of nitrogens with one attached hydrogen (secondary N) is 1. The Morgan fingerprint density at radius 3 is 2.68 bits per heavy atom. The summed E-state index contributed by atoms with van der Waals surface area (Å²) >= 11 is 0. The fourth-order valence-corrected chi connectivity index (χ4v) is 3.79. The van der Waals surface area contributed by atoms with Crippen LogP contribution in [0, 0.1) is 11.3 Å². The summed E-state index contributed by atoms with van der Waals surface area (Å²) in [5.74, 6) is 0. The second-order valence-electron chi connectivity index (χ2n) is 5.68. The Morgan fingerprint density at radius 2 is 2.05 bits per heavy atom. The summed E-state index contributed by atoms with van der Waals surface area (Å²) in [5.41, 5.74) is 2.01. The molecule has 0 saturated carbocycles. The molecular formula is C16H21N3. The average Bonchev–Trinajstić information content (AvgIpc) is 2.71. The van der Waals surface area contributed by atoms with Gasteiger partial charge in [0.25, 0.3) is 0 Å². The molecule has 2 aliphatic rings. The molecule has 2 fully saturated rings. The van der Waals surface area contributed by atoms with Crippen molar-refractivity contribution in [1.29, 1.82) is 5.26 Å². The van der Waals surface area contributed by atoms with Gasteiger partial charge in [-0.15, -0.1) is 0 Å². The molecule has 0 radical (unpaired) electrons. The minimum absolute atomic E-state index is 0.650. The Labute approximate surface area is 115 Å². The molecule has 2 unspecified atom stereocenters. The van der Waals surface area contributed by atoms with Gasteiger partial charge in [-0.1, -0.05) is 13.0 Å². The summed E-state index contributed by atoms with van der Waals surface area (Å²) in [4.78, 5) is 2.56. The van der Waals surface area contributed by atoms with Gasteiger partial charge in [0.15, 0.2) is 0 Å². The average molecular weight is 255 g/mol. The second kappa shape index (κ2) is 5.22. The van der Waals surface area contributed by atoms with Crippen LogP contribution < -0.4 is 10.2 Å². The van der Waals surface area contributed by atoms with Crippen LogP contribution in [0.3, 0.4) is 0 Å². The van der Waals surface area contributed by atoms with Crippen LogP contribution in [-0.2, 0) is 0 Å². The topological polar surface area (TPSA) is 39.1 Å². The SMILES string of the molecule is CCNC1CC2CCC(C1)N2c1cccc(C#N)c1. The minimum atomic E-state index is 0.650. The van der Waals surface area contributed by atoms with Crippen molar-refractivity contribution in [2.75, 3.05) is 11.4 Å². The molecule has 2 aliphatic heterocycles. The summed E-state index contributed by atoms with van der Waals surface area (Å²) in [6.07, 6.45) is 5.06. The number of fused-ring (bicyclic) bond motifs is 2. The first-order valence-electron chi connectivity index (χ1n) is 7.33. The summed E-state index contributed by atoms with van der Waals surface area (Å²) in [7, 11) is 0. The molecule has 3 rings (SSSR count). The number of benzene rings is 1. The molecule has 3 nitrogen and oxygen atoms in total. The van der Waals surface area contributed by atoms with Crippen LogP contribution in [0.5, 0.6) is 0 Å². The lowest BCUT2D eigenvalue weighted by Crippen LogP contribution is -2.49. The maximum Gasteiger partial charge on any atom is 0.0992 e. The molecule has 0 aliphatic carbocycles. The van der Waals surface area contributed by atoms with Crippen LogP contribution in [0.15, 0.2) is 24.3 Å². The Bertz CT molecular complexity index is 477. The van der Waals surface area contributed by atoms with E-state index in [1.807, 2.05) is 18.2 Å². The van der Waals surface area contributed by atoms with Gasteiger partial charge in [0.1, 0.15) is 0 Å². The van der Waals surface area contributed by atoms with Crippen LogP contribution in [0.25, 0.3) is 0 Å². The molecule has 1 N–H and O–H groups in total. The van der Waals surface area contributed by atoms with E-state index in [2.05, 4.69) is 29.3 Å². The molecule has 2 atom stereocenters. The van der Waals surface area contributed by atoms with Crippen LogP contribution in [0.4, 0.5) is 5.69 Å². The van der Waals surface area contributed by atoms with E-state index in [1.165, 1.54) is 31.4 Å². The predicted octanol–water partition coefficient (Wildman–Crippen LogP) is 2.67. The lowest BCUT2D eigenvalue weighted by molar-refractivity contribution is 0.361. The van der Waals surface area contributed by atoms with E-state index < -0.39 is 0 Å². The zero-order valence-corrected chi connectivity index (χ0v) is 11.5. The van der Waals surface area contributed by atoms with Crippen molar-refractivity contribution < 1.29 is 0 Å². The Hall–Kier alpha value is -1.53. The summed E-state index contributed by atoms with van der Waals surface area (Å²) in [6, 6.07) is 12.3. The number of hydrogen-bond acceptors (Lipinski definition) is 3. The summed E-state index contributed by atoms with van der Waals surface area (Å²) < 4.78 is 0. The van der Waals surface area contributed by atoms with Crippen molar-refractivity contribution in [3.8, 4) is 6.07 Å². The molecular weight excluding hydrogens is 234 g/mol. The van der Waals surface area contributed by atoms with Crippen LogP contribution >= 0.6 is 0 Å². The maximum absolute atomic E-state index is 9.04. The lowest BCUT2D eigenvalue weighted by Gasteiger charge is -2.41. The third-order valence-electron chi connectivity index (χ3n) is 4.50. The Kier molecular flexibility index (Phi) is 3.44. The molecule has 2 bridgehead atoms. The Balaban J connectivity index is 1.81. The second-order valence-corrected chi connectivity index (χ2v) is 5.68. The van der Waals surface area contributed by atoms with Gasteiger partial charge in [-0.2, -0.15) is 5.26 Å². The third kappa shape index (κ3) is 2.33. The van der Waals surface area contributed by atoms with E-state index in [9.17, 15) is 0 Å². The zero-order chi connectivity index (χ0) is 13.2. The molecule has 3 heteroatoms. The molecule has 2 heterocycles. The molecule has 0 spiro atoms. The molecule has 0 aromatic heterocycles. The molecule has 1 aromatic carbocycles. The van der Waals surface area contributed by atoms with Crippen molar-refractivity contribution in [1.82, 2.24) is 5.32 Å². The number of nitriles is 1. The van der Waals surface area contributed by atoms with E-state index >= 15 is 0 Å². The molecule has 2 saturated heterocycles. The normalized spacial score (nSPS) is 29.3. The largest absolute Gasteiger partial charge is 0.365 e. The predicted molar refractivity (Wildman–Crippen MR) is 77.1 cm³/mol. The zero-order valence-electron chi connectivity index (χ0n) is 11.5. The van der Waals surface area contributed by atoms with Crippen molar-refractivity contribution in [2.24, 2.45) is 0 Å². The number of hydrogen-bond donors (Lipinski definition) is 1. The maximum atomic E-state index is 9.04. The summed E-state index contributed by atoms with van der Waals surface area (Å²) in [6.45, 7) is 3.25. The van der Waals surface area contributed by atoms with Gasteiger partial charge in [0.05, 0.1) is 11.6 Å². The van der Waals surface area contributed by atoms with Crippen molar-refractivity contribution >= 4 is 5.69 Å². The van der Waals surface area contributed by atoms with Crippen LogP contribution in [0.2, 0.25) is 0 Å². The highest BCUT2D eigenvalue weighted by Gasteiger charge is 2.40. The van der Waals surface area contributed by atoms with E-state index in [1.54, 1.807) is 0 Å². The van der Waals surface area contributed by atoms with Gasteiger partial charge in [0, 0.05) is 23.8 Å². The van der Waals surface area contributed by atoms with Crippen molar-refractivity contribution in [2.45, 2.75) is 50.7 Å². The van der Waals surface area contributed by atoms with Crippen LogP contribution in [0.1, 0.15) is 38.2 Å². The first kappa shape index (κ1) is 12.5. The standard InChI is InChI=1S/C16H21N3/c1-2-18-13-9-15-6-7-16(10-13)19(15)14-5-3-4-12(8-14)11-17/h3-5,8,13,15-16,18H,2,6-7,9-10H2,1H3. The molecule has 1 aromatic rings.